The first-order valence-electron chi connectivity index (χ1n) is 7.18. The molecule has 1 aromatic rings. The molecule has 0 aliphatic heterocycles. The molecule has 0 saturated heterocycles. The zero-order valence-electron chi connectivity index (χ0n) is 13.0. The number of benzene rings is 1. The number of carboxylic acids is 1. The monoisotopic (exact) mass is 382 g/mol. The molecule has 1 rings (SSSR count). The van der Waals surface area contributed by atoms with Crippen molar-refractivity contribution in [2.24, 2.45) is 0 Å². The maximum Gasteiger partial charge on any atom is 0.416 e. The Bertz CT molecular complexity index is 719. The van der Waals surface area contributed by atoms with Crippen molar-refractivity contribution >= 4 is 21.9 Å². The standard InChI is InChI=1S/C14H17F3N2O5S/c15-14(16,17)10-4-3-5-11(8-10)25(23,24)19-9-12(20)18-7-2-1-6-13(21)22/h3-5,8,19H,1-2,6-7,9H2,(H,18,20)(H,21,22). The van der Waals surface area contributed by atoms with Gasteiger partial charge in [-0.15, -0.1) is 0 Å². The van der Waals surface area contributed by atoms with Crippen LogP contribution in [0.5, 0.6) is 0 Å². The SMILES string of the molecule is O=C(O)CCCCNC(=O)CNS(=O)(=O)c1cccc(C(F)(F)F)c1. The van der Waals surface area contributed by atoms with Crippen LogP contribution in [0.1, 0.15) is 24.8 Å². The third-order valence-corrected chi connectivity index (χ3v) is 4.43. The van der Waals surface area contributed by atoms with Crippen LogP contribution >= 0.6 is 0 Å². The van der Waals surface area contributed by atoms with Crippen molar-refractivity contribution in [2.45, 2.75) is 30.3 Å². The van der Waals surface area contributed by atoms with Crippen LogP contribution in [0.15, 0.2) is 29.2 Å². The summed E-state index contributed by atoms with van der Waals surface area (Å²) in [6.07, 6.45) is -3.97. The Balaban J connectivity index is 2.53. The van der Waals surface area contributed by atoms with Gasteiger partial charge in [-0.25, -0.2) is 13.1 Å². The topological polar surface area (TPSA) is 113 Å². The second-order valence-electron chi connectivity index (χ2n) is 5.05. The van der Waals surface area contributed by atoms with Gasteiger partial charge in [-0.1, -0.05) is 6.07 Å². The molecule has 0 spiro atoms. The molecule has 7 nitrogen and oxygen atoms in total. The number of carbonyl (C=O) groups excluding carboxylic acids is 1. The number of halogens is 3. The summed E-state index contributed by atoms with van der Waals surface area (Å²) in [5, 5.41) is 10.8. The molecule has 0 aromatic heterocycles. The molecule has 0 atom stereocenters. The first-order valence-corrected chi connectivity index (χ1v) is 8.66. The highest BCUT2D eigenvalue weighted by atomic mass is 32.2. The van der Waals surface area contributed by atoms with Gasteiger partial charge in [0.05, 0.1) is 17.0 Å². The molecular formula is C14H17F3N2O5S. The summed E-state index contributed by atoms with van der Waals surface area (Å²) in [5.74, 6) is -1.63. The molecule has 11 heteroatoms. The Labute approximate surface area is 142 Å². The minimum atomic E-state index is -4.68. The number of nitrogens with one attached hydrogen (secondary N) is 2. The van der Waals surface area contributed by atoms with E-state index < -0.39 is 45.1 Å². The molecule has 1 amide bonds. The van der Waals surface area contributed by atoms with Crippen LogP contribution < -0.4 is 10.0 Å². The lowest BCUT2D eigenvalue weighted by atomic mass is 10.2. The fraction of sp³-hybridized carbons (Fsp3) is 0.429. The zero-order valence-corrected chi connectivity index (χ0v) is 13.8. The molecule has 0 aliphatic rings. The number of unbranched alkanes of at least 4 members (excludes halogenated alkanes) is 1. The van der Waals surface area contributed by atoms with E-state index in [1.807, 2.05) is 4.72 Å². The molecule has 0 radical (unpaired) electrons. The van der Waals surface area contributed by atoms with Crippen LogP contribution in [0.2, 0.25) is 0 Å². The van der Waals surface area contributed by atoms with Gasteiger partial charge < -0.3 is 10.4 Å². The number of aliphatic carboxylic acids is 1. The van der Waals surface area contributed by atoms with Crippen molar-refractivity contribution in [3.63, 3.8) is 0 Å². The third kappa shape index (κ3) is 7.52. The Morgan fingerprint density at radius 1 is 1.16 bits per heavy atom. The number of carbonyl (C=O) groups is 2. The van der Waals surface area contributed by atoms with E-state index >= 15 is 0 Å². The van der Waals surface area contributed by atoms with E-state index in [4.69, 9.17) is 5.11 Å². The molecule has 3 N–H and O–H groups in total. The predicted molar refractivity (Wildman–Crippen MR) is 81.1 cm³/mol. The molecule has 0 heterocycles. The Morgan fingerprint density at radius 2 is 1.84 bits per heavy atom. The molecule has 1 aromatic carbocycles. The van der Waals surface area contributed by atoms with Gasteiger partial charge in [0.15, 0.2) is 0 Å². The van der Waals surface area contributed by atoms with Crippen molar-refractivity contribution in [1.82, 2.24) is 10.0 Å². The fourth-order valence-corrected chi connectivity index (χ4v) is 2.80. The lowest BCUT2D eigenvalue weighted by Crippen LogP contribution is -2.37. The van der Waals surface area contributed by atoms with Crippen LogP contribution in [-0.4, -0.2) is 38.5 Å². The summed E-state index contributed by atoms with van der Waals surface area (Å²) in [6, 6.07) is 3.16. The van der Waals surface area contributed by atoms with E-state index in [9.17, 15) is 31.2 Å². The predicted octanol–water partition coefficient (Wildman–Crippen LogP) is 1.35. The van der Waals surface area contributed by atoms with E-state index in [2.05, 4.69) is 5.32 Å². The summed E-state index contributed by atoms with van der Waals surface area (Å²) in [5.41, 5.74) is -1.11. The number of amides is 1. The molecule has 140 valence electrons. The maximum absolute atomic E-state index is 12.6. The van der Waals surface area contributed by atoms with Crippen molar-refractivity contribution < 1.29 is 36.3 Å². The largest absolute Gasteiger partial charge is 0.481 e. The average Bonchev–Trinajstić information content (AvgIpc) is 2.52. The van der Waals surface area contributed by atoms with Crippen molar-refractivity contribution in [3.8, 4) is 0 Å². The van der Waals surface area contributed by atoms with E-state index in [1.54, 1.807) is 0 Å². The molecule has 0 bridgehead atoms. The first kappa shape index (κ1) is 20.9. The van der Waals surface area contributed by atoms with E-state index in [0.29, 0.717) is 18.9 Å². The van der Waals surface area contributed by atoms with Gasteiger partial charge in [-0.2, -0.15) is 13.2 Å². The van der Waals surface area contributed by atoms with Crippen LogP contribution in [0.4, 0.5) is 13.2 Å². The summed E-state index contributed by atoms with van der Waals surface area (Å²) >= 11 is 0. The van der Waals surface area contributed by atoms with Crippen molar-refractivity contribution in [1.29, 1.82) is 0 Å². The van der Waals surface area contributed by atoms with Gasteiger partial charge in [0.25, 0.3) is 0 Å². The quantitative estimate of drug-likeness (QED) is 0.558. The van der Waals surface area contributed by atoms with Gasteiger partial charge in [-0.3, -0.25) is 9.59 Å². The molecule has 0 saturated carbocycles. The number of carboxylic acid groups (broad SMARTS) is 1. The zero-order chi connectivity index (χ0) is 19.1. The fourth-order valence-electron chi connectivity index (χ4n) is 1.78. The minimum absolute atomic E-state index is 0.0436. The highest BCUT2D eigenvalue weighted by molar-refractivity contribution is 7.89. The maximum atomic E-state index is 12.6. The smallest absolute Gasteiger partial charge is 0.416 e. The van der Waals surface area contributed by atoms with Crippen molar-refractivity contribution in [2.75, 3.05) is 13.1 Å². The van der Waals surface area contributed by atoms with E-state index in [-0.39, 0.29) is 13.0 Å². The first-order chi connectivity index (χ1) is 11.5. The van der Waals surface area contributed by atoms with Crippen molar-refractivity contribution in [3.05, 3.63) is 29.8 Å². The van der Waals surface area contributed by atoms with Crippen LogP contribution in [0, 0.1) is 0 Å². The van der Waals surface area contributed by atoms with E-state index in [0.717, 1.165) is 18.2 Å². The summed E-state index contributed by atoms with van der Waals surface area (Å²) in [4.78, 5) is 21.2. The lowest BCUT2D eigenvalue weighted by Gasteiger charge is -2.10. The van der Waals surface area contributed by atoms with Gasteiger partial charge in [0.1, 0.15) is 0 Å². The summed E-state index contributed by atoms with van der Waals surface area (Å²) < 4.78 is 63.6. The van der Waals surface area contributed by atoms with Crippen LogP contribution in [-0.2, 0) is 25.8 Å². The average molecular weight is 382 g/mol. The summed E-state index contributed by atoms with van der Waals surface area (Å²) in [6.45, 7) is -0.477. The molecule has 25 heavy (non-hydrogen) atoms. The Morgan fingerprint density at radius 3 is 2.44 bits per heavy atom. The van der Waals surface area contributed by atoms with Gasteiger partial charge in [0.2, 0.25) is 15.9 Å². The number of alkyl halides is 3. The van der Waals surface area contributed by atoms with Gasteiger partial charge in [-0.05, 0) is 31.0 Å². The lowest BCUT2D eigenvalue weighted by molar-refractivity contribution is -0.138. The number of hydrogen-bond donors (Lipinski definition) is 3. The second-order valence-corrected chi connectivity index (χ2v) is 6.82. The molecule has 0 aliphatic carbocycles. The van der Waals surface area contributed by atoms with Crippen LogP contribution in [0.25, 0.3) is 0 Å². The Hall–Kier alpha value is -2.14. The second kappa shape index (κ2) is 8.81. The molecule has 0 unspecified atom stereocenters. The van der Waals surface area contributed by atoms with Gasteiger partial charge >= 0.3 is 12.1 Å². The van der Waals surface area contributed by atoms with Gasteiger partial charge in [0, 0.05) is 13.0 Å². The highest BCUT2D eigenvalue weighted by Gasteiger charge is 2.31. The minimum Gasteiger partial charge on any atom is -0.481 e. The van der Waals surface area contributed by atoms with E-state index in [1.165, 1.54) is 0 Å². The highest BCUT2D eigenvalue weighted by Crippen LogP contribution is 2.30. The number of sulfonamides is 1. The molecular weight excluding hydrogens is 365 g/mol. The third-order valence-electron chi connectivity index (χ3n) is 3.03. The normalized spacial score (nSPS) is 12.0. The Kier molecular flexibility index (Phi) is 7.37. The van der Waals surface area contributed by atoms with Crippen LogP contribution in [0.3, 0.4) is 0 Å². The molecule has 0 fully saturated rings. The number of rotatable bonds is 9. The number of hydrogen-bond acceptors (Lipinski definition) is 4. The summed E-state index contributed by atoms with van der Waals surface area (Å²) in [7, 11) is -4.27.